The van der Waals surface area contributed by atoms with E-state index in [0.717, 1.165) is 11.1 Å². The van der Waals surface area contributed by atoms with Crippen LogP contribution in [0.15, 0.2) is 90.3 Å². The predicted molar refractivity (Wildman–Crippen MR) is 128 cm³/mol. The Morgan fingerprint density at radius 1 is 0.939 bits per heavy atom. The Morgan fingerprint density at radius 3 is 2.12 bits per heavy atom. The molecule has 1 heterocycles. The second kappa shape index (κ2) is 8.24. The van der Waals surface area contributed by atoms with Crippen molar-refractivity contribution in [3.05, 3.63) is 108 Å². The van der Waals surface area contributed by atoms with Gasteiger partial charge in [0.25, 0.3) is 10.0 Å². The highest BCUT2D eigenvalue weighted by Crippen LogP contribution is 2.57. The summed E-state index contributed by atoms with van der Waals surface area (Å²) in [7, 11) is -4.13. The molecule has 0 spiro atoms. The molecule has 3 aromatic rings. The van der Waals surface area contributed by atoms with Crippen molar-refractivity contribution in [2.45, 2.75) is 30.7 Å². The summed E-state index contributed by atoms with van der Waals surface area (Å²) in [6.07, 6.45) is 1.58. The van der Waals surface area contributed by atoms with Crippen LogP contribution in [-0.4, -0.2) is 8.42 Å². The van der Waals surface area contributed by atoms with Gasteiger partial charge in [-0.15, -0.1) is 6.58 Å². The Balaban J connectivity index is 2.13. The van der Waals surface area contributed by atoms with Crippen LogP contribution in [0.25, 0.3) is 0 Å². The summed E-state index contributed by atoms with van der Waals surface area (Å²) in [6, 6.07) is 24.2. The molecule has 1 unspecified atom stereocenters. The van der Waals surface area contributed by atoms with Gasteiger partial charge in [-0.05, 0) is 43.2 Å². The topological polar surface area (TPSA) is 85.0 Å². The zero-order valence-electron chi connectivity index (χ0n) is 18.4. The maximum atomic E-state index is 14.1. The normalized spacial score (nSPS) is 19.1. The van der Waals surface area contributed by atoms with Crippen LogP contribution in [0.1, 0.15) is 34.2 Å². The SMILES string of the molecule is C=CC1c2cc(C)ccc2N(S(=O)(=O)c2ccc(C)cc2)[C@H](c2ccccc2)C1(C#N)C#N. The highest BCUT2D eigenvalue weighted by molar-refractivity contribution is 7.92. The molecule has 0 radical (unpaired) electrons. The lowest BCUT2D eigenvalue weighted by molar-refractivity contribution is 0.361. The van der Waals surface area contributed by atoms with Gasteiger partial charge >= 0.3 is 0 Å². The second-order valence-corrected chi connectivity index (χ2v) is 10.1. The van der Waals surface area contributed by atoms with Crippen molar-refractivity contribution in [2.24, 2.45) is 5.41 Å². The van der Waals surface area contributed by atoms with Gasteiger partial charge in [0.05, 0.1) is 22.7 Å². The number of allylic oxidation sites excluding steroid dienone is 1. The first-order valence-electron chi connectivity index (χ1n) is 10.5. The maximum Gasteiger partial charge on any atom is 0.264 e. The average Bonchev–Trinajstić information content (AvgIpc) is 2.83. The quantitative estimate of drug-likeness (QED) is 0.484. The Morgan fingerprint density at radius 2 is 1.55 bits per heavy atom. The molecule has 6 heteroatoms. The van der Waals surface area contributed by atoms with Gasteiger partial charge in [-0.1, -0.05) is 71.8 Å². The number of rotatable bonds is 4. The lowest BCUT2D eigenvalue weighted by atomic mass is 9.64. The molecule has 1 aliphatic heterocycles. The van der Waals surface area contributed by atoms with E-state index in [1.54, 1.807) is 60.7 Å². The Hall–Kier alpha value is -3.87. The standard InChI is InChI=1S/C27H23N3O2S/c1-4-24-23-16-20(3)12-15-25(23)30(33(31,32)22-13-10-19(2)11-14-22)26(27(24,17-28)18-29)21-8-6-5-7-9-21/h4-16,24,26H,1H2,2-3H3/t24?,26-/m1/s1. The van der Waals surface area contributed by atoms with E-state index in [4.69, 9.17) is 0 Å². The molecule has 5 nitrogen and oxygen atoms in total. The van der Waals surface area contributed by atoms with Crippen LogP contribution in [0.4, 0.5) is 5.69 Å². The van der Waals surface area contributed by atoms with Gasteiger partial charge in [0.1, 0.15) is 6.04 Å². The highest BCUT2D eigenvalue weighted by Gasteiger charge is 2.57. The van der Waals surface area contributed by atoms with Crippen LogP contribution >= 0.6 is 0 Å². The van der Waals surface area contributed by atoms with Gasteiger partial charge in [-0.25, -0.2) is 8.42 Å². The van der Waals surface area contributed by atoms with E-state index in [1.165, 1.54) is 4.31 Å². The number of benzene rings is 3. The molecular weight excluding hydrogens is 430 g/mol. The van der Waals surface area contributed by atoms with E-state index >= 15 is 0 Å². The predicted octanol–water partition coefficient (Wildman–Crippen LogP) is 5.56. The number of hydrogen-bond donors (Lipinski definition) is 0. The lowest BCUT2D eigenvalue weighted by Gasteiger charge is -2.47. The smallest absolute Gasteiger partial charge is 0.256 e. The Labute approximate surface area is 194 Å². The first-order chi connectivity index (χ1) is 15.8. The van der Waals surface area contributed by atoms with Crippen molar-refractivity contribution in [1.82, 2.24) is 0 Å². The molecule has 0 amide bonds. The molecule has 2 atom stereocenters. The van der Waals surface area contributed by atoms with Crippen molar-refractivity contribution in [1.29, 1.82) is 10.5 Å². The first-order valence-corrected chi connectivity index (χ1v) is 12.0. The fourth-order valence-corrected chi connectivity index (χ4v) is 6.29. The monoisotopic (exact) mass is 453 g/mol. The zero-order chi connectivity index (χ0) is 23.8. The van der Waals surface area contributed by atoms with E-state index in [0.29, 0.717) is 16.8 Å². The number of hydrogen-bond acceptors (Lipinski definition) is 4. The van der Waals surface area contributed by atoms with Crippen LogP contribution in [-0.2, 0) is 10.0 Å². The second-order valence-electron chi connectivity index (χ2n) is 8.30. The molecule has 0 bridgehead atoms. The van der Waals surface area contributed by atoms with Gasteiger partial charge < -0.3 is 0 Å². The van der Waals surface area contributed by atoms with Crippen molar-refractivity contribution in [3.8, 4) is 12.1 Å². The molecule has 33 heavy (non-hydrogen) atoms. The van der Waals surface area contributed by atoms with E-state index in [2.05, 4.69) is 18.7 Å². The molecule has 3 aromatic carbocycles. The summed E-state index contributed by atoms with van der Waals surface area (Å²) < 4.78 is 29.5. The van der Waals surface area contributed by atoms with Crippen molar-refractivity contribution < 1.29 is 8.42 Å². The summed E-state index contributed by atoms with van der Waals surface area (Å²) in [5.74, 6) is -0.683. The number of nitriles is 2. The lowest BCUT2D eigenvalue weighted by Crippen LogP contribution is -2.50. The third kappa shape index (κ3) is 3.40. The molecule has 0 aromatic heterocycles. The summed E-state index contributed by atoms with van der Waals surface area (Å²) in [6.45, 7) is 7.69. The Bertz CT molecular complexity index is 1380. The van der Waals surface area contributed by atoms with Crippen LogP contribution in [0, 0.1) is 41.9 Å². The van der Waals surface area contributed by atoms with Gasteiger partial charge in [0, 0.05) is 5.92 Å². The fraction of sp³-hybridized carbons (Fsp3) is 0.185. The van der Waals surface area contributed by atoms with Gasteiger partial charge in [0.2, 0.25) is 0 Å². The molecule has 0 saturated heterocycles. The van der Waals surface area contributed by atoms with Crippen LogP contribution in [0.2, 0.25) is 0 Å². The van der Waals surface area contributed by atoms with Gasteiger partial charge in [-0.3, -0.25) is 4.31 Å². The van der Waals surface area contributed by atoms with Crippen molar-refractivity contribution >= 4 is 15.7 Å². The summed E-state index contributed by atoms with van der Waals surface area (Å²) in [5.41, 5.74) is 1.71. The van der Waals surface area contributed by atoms with Crippen LogP contribution < -0.4 is 4.31 Å². The van der Waals surface area contributed by atoms with Gasteiger partial charge in [-0.2, -0.15) is 10.5 Å². The third-order valence-electron chi connectivity index (χ3n) is 6.21. The minimum atomic E-state index is -4.13. The van der Waals surface area contributed by atoms with E-state index in [-0.39, 0.29) is 4.90 Å². The van der Waals surface area contributed by atoms with E-state index < -0.39 is 27.4 Å². The largest absolute Gasteiger partial charge is 0.264 e. The molecular formula is C27H23N3O2S. The highest BCUT2D eigenvalue weighted by atomic mass is 32.2. The fourth-order valence-electron chi connectivity index (χ4n) is 4.59. The van der Waals surface area contributed by atoms with Crippen LogP contribution in [0.3, 0.4) is 0 Å². The zero-order valence-corrected chi connectivity index (χ0v) is 19.3. The van der Waals surface area contributed by atoms with Crippen LogP contribution in [0.5, 0.6) is 0 Å². The molecule has 164 valence electrons. The van der Waals surface area contributed by atoms with E-state index in [9.17, 15) is 18.9 Å². The first kappa shape index (κ1) is 22.3. The number of fused-ring (bicyclic) bond motifs is 1. The minimum Gasteiger partial charge on any atom is -0.256 e. The molecule has 0 saturated carbocycles. The van der Waals surface area contributed by atoms with E-state index in [1.807, 2.05) is 32.0 Å². The summed E-state index contributed by atoms with van der Waals surface area (Å²) in [4.78, 5) is 0.0994. The Kier molecular flexibility index (Phi) is 5.57. The number of aryl methyl sites for hydroxylation is 2. The van der Waals surface area contributed by atoms with Crippen molar-refractivity contribution in [3.63, 3.8) is 0 Å². The molecule has 1 aliphatic rings. The summed E-state index contributed by atoms with van der Waals surface area (Å²) >= 11 is 0. The number of sulfonamides is 1. The minimum absolute atomic E-state index is 0.0994. The van der Waals surface area contributed by atoms with Crippen molar-refractivity contribution in [2.75, 3.05) is 4.31 Å². The number of nitrogens with zero attached hydrogens (tertiary/aromatic N) is 3. The maximum absolute atomic E-state index is 14.1. The van der Waals surface area contributed by atoms with Gasteiger partial charge in [0.15, 0.2) is 5.41 Å². The third-order valence-corrected chi connectivity index (χ3v) is 8.00. The summed E-state index contributed by atoms with van der Waals surface area (Å²) in [5, 5.41) is 20.8. The molecule has 0 fully saturated rings. The molecule has 0 aliphatic carbocycles. The average molecular weight is 454 g/mol. The molecule has 0 N–H and O–H groups in total. The molecule has 4 rings (SSSR count). The number of anilines is 1.